The predicted octanol–water partition coefficient (Wildman–Crippen LogP) is 4.23. The van der Waals surface area contributed by atoms with Gasteiger partial charge in [0, 0.05) is 23.5 Å². The molecule has 4 heterocycles. The smallest absolute Gasteiger partial charge is 0.180 e. The Morgan fingerprint density at radius 1 is 1.28 bits per heavy atom. The first-order valence-electron chi connectivity index (χ1n) is 9.13. The SMILES string of the molecule is CC.Cc1ccc(-c2cnc(N)c3nc([C@H]4CCCCNC4)cn23)s1. The van der Waals surface area contributed by atoms with E-state index in [0.717, 1.165) is 30.1 Å². The first-order valence-corrected chi connectivity index (χ1v) is 9.95. The largest absolute Gasteiger partial charge is 0.381 e. The number of rotatable bonds is 2. The Balaban J connectivity index is 0.000000880. The third-order valence-electron chi connectivity index (χ3n) is 4.50. The summed E-state index contributed by atoms with van der Waals surface area (Å²) < 4.78 is 2.10. The molecule has 25 heavy (non-hydrogen) atoms. The molecule has 0 amide bonds. The lowest BCUT2D eigenvalue weighted by molar-refractivity contribution is 0.598. The quantitative estimate of drug-likeness (QED) is 0.720. The minimum atomic E-state index is 0.453. The molecule has 1 saturated heterocycles. The van der Waals surface area contributed by atoms with Crippen LogP contribution in [0.4, 0.5) is 5.82 Å². The van der Waals surface area contributed by atoms with E-state index < -0.39 is 0 Å². The number of thiophene rings is 1. The van der Waals surface area contributed by atoms with E-state index in [2.05, 4.69) is 40.0 Å². The molecule has 6 heteroatoms. The van der Waals surface area contributed by atoms with Crippen LogP contribution in [0.25, 0.3) is 16.2 Å². The van der Waals surface area contributed by atoms with Crippen LogP contribution in [0.15, 0.2) is 24.5 Å². The summed E-state index contributed by atoms with van der Waals surface area (Å²) in [6, 6.07) is 4.27. The van der Waals surface area contributed by atoms with E-state index in [1.54, 1.807) is 11.3 Å². The summed E-state index contributed by atoms with van der Waals surface area (Å²) in [4.78, 5) is 11.7. The third kappa shape index (κ3) is 3.70. The zero-order valence-electron chi connectivity index (χ0n) is 15.2. The van der Waals surface area contributed by atoms with Crippen molar-refractivity contribution in [3.8, 4) is 10.6 Å². The summed E-state index contributed by atoms with van der Waals surface area (Å²) in [6.07, 6.45) is 7.67. The van der Waals surface area contributed by atoms with Gasteiger partial charge in [0.05, 0.1) is 22.5 Å². The molecule has 1 fully saturated rings. The first kappa shape index (κ1) is 17.9. The second-order valence-corrected chi connectivity index (χ2v) is 7.48. The molecular formula is C19H27N5S. The molecule has 134 valence electrons. The fourth-order valence-corrected chi connectivity index (χ4v) is 4.11. The molecule has 0 bridgehead atoms. The Morgan fingerprint density at radius 3 is 2.88 bits per heavy atom. The molecule has 1 aliphatic rings. The number of hydrogen-bond donors (Lipinski definition) is 2. The highest BCUT2D eigenvalue weighted by atomic mass is 32.1. The number of nitrogens with zero attached hydrogens (tertiary/aromatic N) is 3. The van der Waals surface area contributed by atoms with Gasteiger partial charge < -0.3 is 11.1 Å². The van der Waals surface area contributed by atoms with E-state index in [0.29, 0.717) is 11.7 Å². The van der Waals surface area contributed by atoms with E-state index >= 15 is 0 Å². The highest BCUT2D eigenvalue weighted by Gasteiger charge is 2.19. The van der Waals surface area contributed by atoms with Crippen molar-refractivity contribution < 1.29 is 0 Å². The lowest BCUT2D eigenvalue weighted by Gasteiger charge is -2.10. The van der Waals surface area contributed by atoms with Crippen LogP contribution in [0.3, 0.4) is 0 Å². The average molecular weight is 358 g/mol. The van der Waals surface area contributed by atoms with Crippen molar-refractivity contribution in [2.75, 3.05) is 18.8 Å². The first-order chi connectivity index (χ1) is 12.2. The van der Waals surface area contributed by atoms with Crippen molar-refractivity contribution >= 4 is 22.8 Å². The van der Waals surface area contributed by atoms with Crippen LogP contribution in [-0.2, 0) is 0 Å². The number of aromatic nitrogens is 3. The summed E-state index contributed by atoms with van der Waals surface area (Å²) in [5.41, 5.74) is 9.03. The highest BCUT2D eigenvalue weighted by molar-refractivity contribution is 7.15. The maximum absolute atomic E-state index is 6.08. The minimum absolute atomic E-state index is 0.453. The second kappa shape index (κ2) is 7.97. The van der Waals surface area contributed by atoms with Gasteiger partial charge in [0.25, 0.3) is 0 Å². The number of aryl methyl sites for hydroxylation is 1. The number of nitrogen functional groups attached to an aromatic ring is 1. The molecule has 1 aliphatic heterocycles. The molecule has 0 aliphatic carbocycles. The number of nitrogens with one attached hydrogen (secondary N) is 1. The van der Waals surface area contributed by atoms with Crippen molar-refractivity contribution in [3.63, 3.8) is 0 Å². The van der Waals surface area contributed by atoms with E-state index in [9.17, 15) is 0 Å². The van der Waals surface area contributed by atoms with Crippen molar-refractivity contribution in [2.45, 2.75) is 46.0 Å². The number of anilines is 1. The van der Waals surface area contributed by atoms with Crippen molar-refractivity contribution in [3.05, 3.63) is 35.1 Å². The van der Waals surface area contributed by atoms with E-state index in [1.807, 2.05) is 20.0 Å². The zero-order valence-corrected chi connectivity index (χ0v) is 16.1. The van der Waals surface area contributed by atoms with Crippen LogP contribution in [-0.4, -0.2) is 27.5 Å². The molecule has 0 radical (unpaired) electrons. The molecule has 3 aromatic heterocycles. The van der Waals surface area contributed by atoms with Gasteiger partial charge >= 0.3 is 0 Å². The molecule has 0 spiro atoms. The van der Waals surface area contributed by atoms with Gasteiger partial charge in [-0.05, 0) is 38.4 Å². The van der Waals surface area contributed by atoms with Crippen LogP contribution >= 0.6 is 11.3 Å². The zero-order chi connectivity index (χ0) is 17.8. The summed E-state index contributed by atoms with van der Waals surface area (Å²) in [5, 5.41) is 3.51. The van der Waals surface area contributed by atoms with Crippen LogP contribution < -0.4 is 11.1 Å². The number of fused-ring (bicyclic) bond motifs is 1. The van der Waals surface area contributed by atoms with Crippen molar-refractivity contribution in [2.24, 2.45) is 0 Å². The van der Waals surface area contributed by atoms with Gasteiger partial charge in [0.2, 0.25) is 0 Å². The molecule has 4 rings (SSSR count). The maximum Gasteiger partial charge on any atom is 0.180 e. The monoisotopic (exact) mass is 357 g/mol. The van der Waals surface area contributed by atoms with E-state index in [-0.39, 0.29) is 0 Å². The maximum atomic E-state index is 6.08. The van der Waals surface area contributed by atoms with Crippen molar-refractivity contribution in [1.29, 1.82) is 0 Å². The Bertz CT molecular complexity index is 828. The van der Waals surface area contributed by atoms with Gasteiger partial charge in [-0.15, -0.1) is 11.3 Å². The van der Waals surface area contributed by atoms with E-state index in [1.165, 1.54) is 29.0 Å². The van der Waals surface area contributed by atoms with Gasteiger partial charge in [-0.25, -0.2) is 9.97 Å². The highest BCUT2D eigenvalue weighted by Crippen LogP contribution is 2.31. The Morgan fingerprint density at radius 2 is 2.12 bits per heavy atom. The Hall–Kier alpha value is -1.92. The number of imidazole rings is 1. The van der Waals surface area contributed by atoms with Gasteiger partial charge in [0.1, 0.15) is 0 Å². The Kier molecular flexibility index (Phi) is 5.71. The molecule has 0 aromatic carbocycles. The minimum Gasteiger partial charge on any atom is -0.381 e. The third-order valence-corrected chi connectivity index (χ3v) is 5.52. The molecule has 1 atom stereocenters. The van der Waals surface area contributed by atoms with E-state index in [4.69, 9.17) is 10.7 Å². The average Bonchev–Trinajstić information content (AvgIpc) is 3.17. The molecule has 3 N–H and O–H groups in total. The molecule has 3 aromatic rings. The van der Waals surface area contributed by atoms with Gasteiger partial charge in [-0.2, -0.15) is 0 Å². The molecule has 0 unspecified atom stereocenters. The van der Waals surface area contributed by atoms with Gasteiger partial charge in [-0.3, -0.25) is 4.40 Å². The summed E-state index contributed by atoms with van der Waals surface area (Å²) in [6.45, 7) is 8.21. The lowest BCUT2D eigenvalue weighted by Crippen LogP contribution is -2.19. The predicted molar refractivity (Wildman–Crippen MR) is 106 cm³/mol. The van der Waals surface area contributed by atoms with Crippen LogP contribution in [0.5, 0.6) is 0 Å². The molecule has 0 saturated carbocycles. The number of nitrogens with two attached hydrogens (primary N) is 1. The topological polar surface area (TPSA) is 68.2 Å². The number of hydrogen-bond acceptors (Lipinski definition) is 5. The molecular weight excluding hydrogens is 330 g/mol. The summed E-state index contributed by atoms with van der Waals surface area (Å²) in [7, 11) is 0. The fraction of sp³-hybridized carbons (Fsp3) is 0.474. The lowest BCUT2D eigenvalue weighted by atomic mass is 10.0. The summed E-state index contributed by atoms with van der Waals surface area (Å²) in [5.74, 6) is 0.949. The fourth-order valence-electron chi connectivity index (χ4n) is 3.24. The van der Waals surface area contributed by atoms with Crippen LogP contribution in [0, 0.1) is 6.92 Å². The van der Waals surface area contributed by atoms with Crippen LogP contribution in [0.1, 0.15) is 49.6 Å². The van der Waals surface area contributed by atoms with Gasteiger partial charge in [0.15, 0.2) is 11.5 Å². The van der Waals surface area contributed by atoms with Crippen LogP contribution in [0.2, 0.25) is 0 Å². The Labute approximate surface area is 153 Å². The summed E-state index contributed by atoms with van der Waals surface area (Å²) >= 11 is 1.77. The molecule has 5 nitrogen and oxygen atoms in total. The van der Waals surface area contributed by atoms with Crippen molar-refractivity contribution in [1.82, 2.24) is 19.7 Å². The standard InChI is InChI=1S/C17H21N5S.C2H6/c1-11-5-6-15(23-11)14-9-20-16(18)17-21-13(10-22(14)17)12-4-2-3-7-19-8-12;1-2/h5-6,9-10,12,19H,2-4,7-8H2,1H3,(H2,18,20);1-2H3/t12-;/m0./s1. The normalized spacial score (nSPS) is 17.8. The second-order valence-electron chi connectivity index (χ2n) is 6.20. The van der Waals surface area contributed by atoms with Gasteiger partial charge in [-0.1, -0.05) is 20.3 Å².